The van der Waals surface area contributed by atoms with Crippen LogP contribution in [0.1, 0.15) is 0 Å². The number of hydrogen-bond acceptors (Lipinski definition) is 5. The van der Waals surface area contributed by atoms with Crippen molar-refractivity contribution >= 4 is 16.6 Å². The van der Waals surface area contributed by atoms with Crippen LogP contribution in [0.5, 0.6) is 5.75 Å². The summed E-state index contributed by atoms with van der Waals surface area (Å²) < 4.78 is 5.28. The molecule has 5 heteroatoms. The highest BCUT2D eigenvalue weighted by Crippen LogP contribution is 2.24. The minimum atomic E-state index is 0.234. The first-order valence-electron chi connectivity index (χ1n) is 5.90. The molecule has 0 aliphatic heterocycles. The average Bonchev–Trinajstić information content (AvgIpc) is 2.39. The van der Waals surface area contributed by atoms with Gasteiger partial charge in [0.2, 0.25) is 0 Å². The smallest absolute Gasteiger partial charge is 0.134 e. The molecule has 1 heterocycles. The fraction of sp³-hybridized carbons (Fsp3) is 0.308. The normalized spacial score (nSPS) is 10.7. The van der Waals surface area contributed by atoms with Crippen LogP contribution in [0, 0.1) is 0 Å². The van der Waals surface area contributed by atoms with Crippen LogP contribution in [0.2, 0.25) is 0 Å². The molecule has 4 N–H and O–H groups in total. The van der Waals surface area contributed by atoms with Gasteiger partial charge < -0.3 is 20.9 Å². The molecule has 2 aromatic rings. The fourth-order valence-electron chi connectivity index (χ4n) is 1.72. The van der Waals surface area contributed by atoms with Crippen LogP contribution >= 0.6 is 0 Å². The van der Waals surface area contributed by atoms with Crippen molar-refractivity contribution in [2.75, 3.05) is 31.6 Å². The van der Waals surface area contributed by atoms with Crippen molar-refractivity contribution in [1.82, 2.24) is 4.98 Å². The Morgan fingerprint density at radius 2 is 2.17 bits per heavy atom. The van der Waals surface area contributed by atoms with Crippen LogP contribution in [0.3, 0.4) is 0 Å². The lowest BCUT2D eigenvalue weighted by molar-refractivity contribution is 0.151. The zero-order valence-corrected chi connectivity index (χ0v) is 10.1. The van der Waals surface area contributed by atoms with Crippen molar-refractivity contribution in [2.45, 2.75) is 0 Å². The average molecular weight is 247 g/mol. The van der Waals surface area contributed by atoms with Crippen LogP contribution < -0.4 is 11.1 Å². The number of pyridine rings is 1. The third kappa shape index (κ3) is 3.09. The van der Waals surface area contributed by atoms with Crippen LogP contribution in [0.15, 0.2) is 30.5 Å². The molecule has 0 bridgehead atoms. The van der Waals surface area contributed by atoms with Gasteiger partial charge in [0.1, 0.15) is 11.6 Å². The van der Waals surface area contributed by atoms with Gasteiger partial charge in [0, 0.05) is 24.7 Å². The van der Waals surface area contributed by atoms with Gasteiger partial charge in [-0.15, -0.1) is 0 Å². The number of nitrogens with zero attached hydrogens (tertiary/aromatic N) is 1. The number of fused-ring (bicyclic) bond motifs is 1. The molecular weight excluding hydrogens is 230 g/mol. The number of benzene rings is 1. The summed E-state index contributed by atoms with van der Waals surface area (Å²) in [6, 6.07) is 7.13. The van der Waals surface area contributed by atoms with E-state index in [-0.39, 0.29) is 5.75 Å². The molecule has 0 spiro atoms. The molecule has 18 heavy (non-hydrogen) atoms. The van der Waals surface area contributed by atoms with Gasteiger partial charge in [0.25, 0.3) is 0 Å². The molecule has 0 aliphatic carbocycles. The maximum absolute atomic E-state index is 9.50. The Morgan fingerprint density at radius 1 is 1.28 bits per heavy atom. The van der Waals surface area contributed by atoms with E-state index in [9.17, 15) is 5.11 Å². The molecular formula is C13H17N3O2. The molecule has 0 saturated carbocycles. The van der Waals surface area contributed by atoms with E-state index in [2.05, 4.69) is 10.3 Å². The summed E-state index contributed by atoms with van der Waals surface area (Å²) in [6.45, 7) is 2.32. The Morgan fingerprint density at radius 3 is 3.00 bits per heavy atom. The van der Waals surface area contributed by atoms with E-state index in [1.807, 2.05) is 12.1 Å². The Kier molecular flexibility index (Phi) is 4.33. The molecule has 5 nitrogen and oxygen atoms in total. The van der Waals surface area contributed by atoms with Crippen molar-refractivity contribution in [3.63, 3.8) is 0 Å². The summed E-state index contributed by atoms with van der Waals surface area (Å²) in [5.41, 5.74) is 5.33. The molecule has 0 saturated heterocycles. The maximum Gasteiger partial charge on any atom is 0.134 e. The molecule has 1 aromatic heterocycles. The van der Waals surface area contributed by atoms with E-state index in [1.54, 1.807) is 18.3 Å². The predicted molar refractivity (Wildman–Crippen MR) is 71.8 cm³/mol. The molecule has 0 atom stereocenters. The molecule has 2 rings (SSSR count). The Hall–Kier alpha value is -1.85. The van der Waals surface area contributed by atoms with Crippen LogP contribution in [0.4, 0.5) is 5.82 Å². The van der Waals surface area contributed by atoms with Gasteiger partial charge in [0.15, 0.2) is 0 Å². The second-order valence-electron chi connectivity index (χ2n) is 3.89. The predicted octanol–water partition coefficient (Wildman–Crippen LogP) is 1.33. The summed E-state index contributed by atoms with van der Waals surface area (Å²) in [5, 5.41) is 14.6. The van der Waals surface area contributed by atoms with Gasteiger partial charge in [-0.05, 0) is 23.6 Å². The Labute approximate surface area is 106 Å². The zero-order chi connectivity index (χ0) is 12.8. The minimum Gasteiger partial charge on any atom is -0.508 e. The van der Waals surface area contributed by atoms with Crippen LogP contribution in [-0.2, 0) is 4.74 Å². The minimum absolute atomic E-state index is 0.234. The number of anilines is 1. The summed E-state index contributed by atoms with van der Waals surface area (Å²) in [7, 11) is 0. The van der Waals surface area contributed by atoms with Crippen molar-refractivity contribution in [3.05, 3.63) is 30.5 Å². The number of rotatable bonds is 6. The second-order valence-corrected chi connectivity index (χ2v) is 3.89. The Balaban J connectivity index is 2.05. The molecule has 0 aliphatic rings. The third-order valence-electron chi connectivity index (χ3n) is 2.55. The highest BCUT2D eigenvalue weighted by atomic mass is 16.5. The fourth-order valence-corrected chi connectivity index (χ4v) is 1.72. The summed E-state index contributed by atoms with van der Waals surface area (Å²) >= 11 is 0. The van der Waals surface area contributed by atoms with E-state index in [0.717, 1.165) is 16.6 Å². The van der Waals surface area contributed by atoms with Crippen LogP contribution in [0.25, 0.3) is 10.8 Å². The lowest BCUT2D eigenvalue weighted by Gasteiger charge is -2.09. The number of phenolic OH excluding ortho intramolecular Hbond substituents is 1. The molecule has 0 radical (unpaired) electrons. The van der Waals surface area contributed by atoms with E-state index in [0.29, 0.717) is 26.3 Å². The number of aromatic nitrogens is 1. The lowest BCUT2D eigenvalue weighted by Crippen LogP contribution is -2.14. The number of nitrogens with one attached hydrogen (secondary N) is 1. The summed E-state index contributed by atoms with van der Waals surface area (Å²) in [6.07, 6.45) is 1.74. The Bertz CT molecular complexity index is 517. The molecule has 96 valence electrons. The first-order chi connectivity index (χ1) is 8.81. The highest BCUT2D eigenvalue weighted by molar-refractivity contribution is 5.92. The topological polar surface area (TPSA) is 80.4 Å². The monoisotopic (exact) mass is 247 g/mol. The second kappa shape index (κ2) is 6.18. The third-order valence-corrected chi connectivity index (χ3v) is 2.55. The lowest BCUT2D eigenvalue weighted by atomic mass is 10.1. The molecule has 0 amide bonds. The van der Waals surface area contributed by atoms with E-state index in [1.165, 1.54) is 0 Å². The maximum atomic E-state index is 9.50. The van der Waals surface area contributed by atoms with Crippen molar-refractivity contribution in [2.24, 2.45) is 5.73 Å². The number of phenols is 1. The summed E-state index contributed by atoms with van der Waals surface area (Å²) in [5.74, 6) is 0.984. The highest BCUT2D eigenvalue weighted by Gasteiger charge is 2.02. The van der Waals surface area contributed by atoms with Gasteiger partial charge >= 0.3 is 0 Å². The van der Waals surface area contributed by atoms with Crippen LogP contribution in [-0.4, -0.2) is 36.4 Å². The molecule has 0 unspecified atom stereocenters. The van der Waals surface area contributed by atoms with E-state index < -0.39 is 0 Å². The van der Waals surface area contributed by atoms with Crippen molar-refractivity contribution < 1.29 is 9.84 Å². The molecule has 1 aromatic carbocycles. The zero-order valence-electron chi connectivity index (χ0n) is 10.1. The van der Waals surface area contributed by atoms with E-state index in [4.69, 9.17) is 10.5 Å². The number of nitrogens with two attached hydrogens (primary N) is 1. The number of aromatic hydroxyl groups is 1. The van der Waals surface area contributed by atoms with Gasteiger partial charge in [0.05, 0.1) is 13.2 Å². The quantitative estimate of drug-likeness (QED) is 0.671. The summed E-state index contributed by atoms with van der Waals surface area (Å²) in [4.78, 5) is 4.26. The van der Waals surface area contributed by atoms with Gasteiger partial charge in [-0.1, -0.05) is 6.07 Å². The van der Waals surface area contributed by atoms with E-state index >= 15 is 0 Å². The van der Waals surface area contributed by atoms with Crippen molar-refractivity contribution in [3.8, 4) is 5.75 Å². The van der Waals surface area contributed by atoms with Gasteiger partial charge in [-0.3, -0.25) is 0 Å². The first-order valence-corrected chi connectivity index (χ1v) is 5.90. The molecule has 0 fully saturated rings. The van der Waals surface area contributed by atoms with Gasteiger partial charge in [-0.2, -0.15) is 0 Å². The largest absolute Gasteiger partial charge is 0.508 e. The van der Waals surface area contributed by atoms with Gasteiger partial charge in [-0.25, -0.2) is 4.98 Å². The SMILES string of the molecule is NCCOCCNc1nccc2ccc(O)cc12. The standard InChI is InChI=1S/C13H17N3O2/c14-4-7-18-8-6-16-13-12-9-11(17)2-1-10(12)3-5-15-13/h1-3,5,9,17H,4,6-8,14H2,(H,15,16). The van der Waals surface area contributed by atoms with Crippen molar-refractivity contribution in [1.29, 1.82) is 0 Å². The number of ether oxygens (including phenoxy) is 1. The number of hydrogen-bond donors (Lipinski definition) is 3. The first kappa shape index (κ1) is 12.6.